The van der Waals surface area contributed by atoms with Crippen molar-refractivity contribution in [3.8, 4) is 0 Å². The fourth-order valence-electron chi connectivity index (χ4n) is 8.90. The lowest BCUT2D eigenvalue weighted by Crippen LogP contribution is -2.61. The van der Waals surface area contributed by atoms with E-state index in [1.165, 1.54) is 148 Å². The molecule has 2 aliphatic heterocycles. The van der Waals surface area contributed by atoms with Gasteiger partial charge in [-0.05, 0) is 44.9 Å². The molecule has 406 valence electrons. The molecule has 11 unspecified atom stereocenters. The van der Waals surface area contributed by atoms with Crippen LogP contribution in [0, 0.1) is 0 Å². The van der Waals surface area contributed by atoms with Crippen LogP contribution in [0.5, 0.6) is 0 Å². The second-order valence-electron chi connectivity index (χ2n) is 19.8. The minimum Gasteiger partial charge on any atom is -0.457 e. The van der Waals surface area contributed by atoms with Crippen molar-refractivity contribution in [3.05, 3.63) is 24.3 Å². The van der Waals surface area contributed by atoms with Crippen molar-refractivity contribution in [1.29, 1.82) is 0 Å². The van der Waals surface area contributed by atoms with Crippen molar-refractivity contribution in [3.63, 3.8) is 0 Å². The van der Waals surface area contributed by atoms with E-state index < -0.39 is 80.7 Å². The summed E-state index contributed by atoms with van der Waals surface area (Å²) in [7, 11) is 0. The average Bonchev–Trinajstić information content (AvgIpc) is 3.35. The third kappa shape index (κ3) is 30.3. The Labute approximate surface area is 417 Å². The van der Waals surface area contributed by atoms with Crippen molar-refractivity contribution >= 4 is 5.97 Å². The Kier molecular flexibility index (Phi) is 39.6. The lowest BCUT2D eigenvalue weighted by Gasteiger charge is -2.42. The van der Waals surface area contributed by atoms with E-state index in [2.05, 4.69) is 38.2 Å². The molecule has 2 fully saturated rings. The van der Waals surface area contributed by atoms with Gasteiger partial charge in [0.2, 0.25) is 0 Å². The van der Waals surface area contributed by atoms with Crippen LogP contribution in [0.1, 0.15) is 219 Å². The highest BCUT2D eigenvalue weighted by Crippen LogP contribution is 2.27. The smallest absolute Gasteiger partial charge is 0.306 e. The van der Waals surface area contributed by atoms with E-state index in [-0.39, 0.29) is 25.6 Å². The zero-order valence-electron chi connectivity index (χ0n) is 43.3. The van der Waals surface area contributed by atoms with Crippen LogP contribution in [0.2, 0.25) is 0 Å². The van der Waals surface area contributed by atoms with Gasteiger partial charge in [-0.15, -0.1) is 0 Å². The van der Waals surface area contributed by atoms with Gasteiger partial charge in [-0.25, -0.2) is 0 Å². The summed E-state index contributed by atoms with van der Waals surface area (Å²) >= 11 is 0. The second kappa shape index (κ2) is 42.9. The fraction of sp³-hybridized carbons (Fsp3) is 0.909. The highest BCUT2D eigenvalue weighted by atomic mass is 16.7. The van der Waals surface area contributed by atoms with Crippen LogP contribution in [-0.2, 0) is 33.2 Å². The molecule has 0 aromatic rings. The van der Waals surface area contributed by atoms with E-state index in [1.54, 1.807) is 0 Å². The Balaban J connectivity index is 1.70. The van der Waals surface area contributed by atoms with Crippen LogP contribution in [-0.4, -0.2) is 142 Å². The highest BCUT2D eigenvalue weighted by Gasteiger charge is 2.47. The minimum atomic E-state index is -1.70. The number of aliphatic hydroxyl groups is 7. The number of hydrogen-bond acceptors (Lipinski definition) is 14. The number of allylic oxidation sites excluding steroid dienone is 4. The number of unbranched alkanes of at least 4 members (excludes halogenated alkanes) is 27. The molecule has 2 aliphatic rings. The predicted octanol–water partition coefficient (Wildman–Crippen LogP) is 9.19. The van der Waals surface area contributed by atoms with Gasteiger partial charge in [0.25, 0.3) is 0 Å². The van der Waals surface area contributed by atoms with Gasteiger partial charge in [0.05, 0.1) is 26.4 Å². The van der Waals surface area contributed by atoms with Gasteiger partial charge in [0.15, 0.2) is 12.6 Å². The molecular formula is C55H102O14. The number of carbonyl (C=O) groups is 1. The molecule has 2 heterocycles. The van der Waals surface area contributed by atoms with Gasteiger partial charge < -0.3 is 64.2 Å². The van der Waals surface area contributed by atoms with Gasteiger partial charge in [-0.2, -0.15) is 0 Å². The van der Waals surface area contributed by atoms with Crippen LogP contribution in [0.15, 0.2) is 24.3 Å². The fourth-order valence-corrected chi connectivity index (χ4v) is 8.90. The lowest BCUT2D eigenvalue weighted by molar-refractivity contribution is -0.332. The molecule has 0 amide bonds. The van der Waals surface area contributed by atoms with Crippen molar-refractivity contribution in [2.24, 2.45) is 0 Å². The predicted molar refractivity (Wildman–Crippen MR) is 270 cm³/mol. The standard InChI is InChI=1S/C55H102O14/c1-3-5-7-9-11-13-15-17-18-19-20-21-22-23-24-25-26-27-28-30-32-34-36-38-47(57)67-44(41-64-39-37-35-33-31-29-16-14-12-10-8-6-4-2)42-65-54-53(63)51(61)49(59)46(69-54)43-66-55-52(62)50(60)48(58)45(40-56)68-55/h15,17,19-20,44-46,48-56,58-63H,3-14,16,18,21-43H2,1-2H3/b17-15-,20-19-. The van der Waals surface area contributed by atoms with E-state index in [9.17, 15) is 40.5 Å². The molecule has 11 atom stereocenters. The summed E-state index contributed by atoms with van der Waals surface area (Å²) in [4.78, 5) is 13.0. The Morgan fingerprint density at radius 1 is 0.478 bits per heavy atom. The van der Waals surface area contributed by atoms with Crippen molar-refractivity contribution < 1.29 is 69.0 Å². The molecule has 0 bridgehead atoms. The zero-order valence-corrected chi connectivity index (χ0v) is 43.3. The number of esters is 1. The van der Waals surface area contributed by atoms with E-state index in [1.807, 2.05) is 0 Å². The average molecular weight is 987 g/mol. The minimum absolute atomic E-state index is 0.0652. The molecule has 14 heteroatoms. The Morgan fingerprint density at radius 2 is 0.899 bits per heavy atom. The SMILES string of the molecule is CCCCCCC/C=C\C/C=C\CCCCCCCCCCCCCC(=O)OC(COCCCCCCCCCCCCCC)COC1OC(COC2OC(CO)C(O)C(O)C2O)C(O)C(O)C1O. The van der Waals surface area contributed by atoms with E-state index in [0.717, 1.165) is 44.9 Å². The van der Waals surface area contributed by atoms with Gasteiger partial charge in [0, 0.05) is 13.0 Å². The van der Waals surface area contributed by atoms with E-state index in [4.69, 9.17) is 28.4 Å². The van der Waals surface area contributed by atoms with Crippen LogP contribution < -0.4 is 0 Å². The van der Waals surface area contributed by atoms with Crippen molar-refractivity contribution in [1.82, 2.24) is 0 Å². The first-order valence-electron chi connectivity index (χ1n) is 27.9. The summed E-state index contributed by atoms with van der Waals surface area (Å²) < 4.78 is 34.3. The third-order valence-corrected chi connectivity index (χ3v) is 13.5. The van der Waals surface area contributed by atoms with Gasteiger partial charge >= 0.3 is 5.97 Å². The number of rotatable bonds is 45. The molecule has 2 rings (SSSR count). The maximum Gasteiger partial charge on any atom is 0.306 e. The molecule has 0 saturated carbocycles. The number of aliphatic hydroxyl groups excluding tert-OH is 7. The topological polar surface area (TPSA) is 214 Å². The van der Waals surface area contributed by atoms with Crippen molar-refractivity contribution in [2.45, 2.75) is 287 Å². The first-order valence-corrected chi connectivity index (χ1v) is 27.9. The number of ether oxygens (including phenoxy) is 6. The normalized spacial score (nSPS) is 25.8. The summed E-state index contributed by atoms with van der Waals surface area (Å²) in [5.41, 5.74) is 0. The Hall–Kier alpha value is -1.53. The van der Waals surface area contributed by atoms with Crippen LogP contribution in [0.3, 0.4) is 0 Å². The van der Waals surface area contributed by atoms with E-state index in [0.29, 0.717) is 13.0 Å². The maximum atomic E-state index is 13.0. The van der Waals surface area contributed by atoms with Crippen molar-refractivity contribution in [2.75, 3.05) is 33.0 Å². The monoisotopic (exact) mass is 987 g/mol. The van der Waals surface area contributed by atoms with E-state index >= 15 is 0 Å². The Bertz CT molecular complexity index is 1240. The first kappa shape index (κ1) is 63.6. The largest absolute Gasteiger partial charge is 0.457 e. The summed E-state index contributed by atoms with van der Waals surface area (Å²) in [6.45, 7) is 3.70. The van der Waals surface area contributed by atoms with Gasteiger partial charge in [-0.1, -0.05) is 192 Å². The lowest BCUT2D eigenvalue weighted by atomic mass is 9.98. The number of carbonyl (C=O) groups excluding carboxylic acids is 1. The summed E-state index contributed by atoms with van der Waals surface area (Å²) in [5.74, 6) is -0.375. The zero-order chi connectivity index (χ0) is 50.2. The van der Waals surface area contributed by atoms with Crippen LogP contribution in [0.25, 0.3) is 0 Å². The molecule has 0 aliphatic carbocycles. The molecule has 0 radical (unpaired) electrons. The molecule has 0 aromatic carbocycles. The molecule has 0 spiro atoms. The first-order chi connectivity index (χ1) is 33.6. The van der Waals surface area contributed by atoms with Crippen LogP contribution >= 0.6 is 0 Å². The molecule has 69 heavy (non-hydrogen) atoms. The highest BCUT2D eigenvalue weighted by molar-refractivity contribution is 5.69. The summed E-state index contributed by atoms with van der Waals surface area (Å²) in [6, 6.07) is 0. The molecule has 2 saturated heterocycles. The molecule has 7 N–H and O–H groups in total. The summed E-state index contributed by atoms with van der Waals surface area (Å²) in [5, 5.41) is 72.2. The maximum absolute atomic E-state index is 13.0. The third-order valence-electron chi connectivity index (χ3n) is 13.5. The molecule has 0 aromatic heterocycles. The quantitative estimate of drug-likeness (QED) is 0.0172. The summed E-state index contributed by atoms with van der Waals surface area (Å²) in [6.07, 6.45) is 31.0. The van der Waals surface area contributed by atoms with Crippen LogP contribution in [0.4, 0.5) is 0 Å². The number of hydrogen-bond donors (Lipinski definition) is 7. The molecular weight excluding hydrogens is 885 g/mol. The Morgan fingerprint density at radius 3 is 1.39 bits per heavy atom. The second-order valence-corrected chi connectivity index (χ2v) is 19.8. The van der Waals surface area contributed by atoms with Gasteiger partial charge in [-0.3, -0.25) is 4.79 Å². The van der Waals surface area contributed by atoms with Gasteiger partial charge in [0.1, 0.15) is 54.9 Å². The molecule has 14 nitrogen and oxygen atoms in total.